The number of carbonyl (C=O) groups excluding carboxylic acids is 3. The third-order valence-corrected chi connectivity index (χ3v) is 11.2. The van der Waals surface area contributed by atoms with Crippen molar-refractivity contribution in [3.63, 3.8) is 0 Å². The van der Waals surface area contributed by atoms with Crippen LogP contribution in [0.4, 0.5) is 50.9 Å². The summed E-state index contributed by atoms with van der Waals surface area (Å²) in [4.78, 5) is 30.7. The van der Waals surface area contributed by atoms with E-state index in [0.29, 0.717) is 34.8 Å². The first-order valence-corrected chi connectivity index (χ1v) is 21.6. The highest BCUT2D eigenvalue weighted by Gasteiger charge is 2.51. The van der Waals surface area contributed by atoms with Gasteiger partial charge in [-0.25, -0.2) is 0 Å². The molecule has 1 saturated heterocycles. The summed E-state index contributed by atoms with van der Waals surface area (Å²) in [5.74, 6) is -5.64. The van der Waals surface area contributed by atoms with Gasteiger partial charge in [-0.05, 0) is 97.4 Å². The molecule has 1 heterocycles. The number of Topliss-reactive ketones (excluding diaryl/α,β-unsaturated/α-hetero) is 1. The first-order chi connectivity index (χ1) is 31.4. The van der Waals surface area contributed by atoms with Crippen LogP contribution in [0.15, 0.2) is 130 Å². The second-order valence-corrected chi connectivity index (χ2v) is 17.0. The summed E-state index contributed by atoms with van der Waals surface area (Å²) in [6, 6.07) is 36.2. The van der Waals surface area contributed by atoms with Gasteiger partial charge in [0.15, 0.2) is 0 Å². The maximum atomic E-state index is 12.2. The quantitative estimate of drug-likeness (QED) is 0.0487. The minimum Gasteiger partial charge on any atom is -1.00 e. The molecular weight excluding hydrogens is 1170 g/mol. The van der Waals surface area contributed by atoms with Gasteiger partial charge in [-0.2, -0.15) is 39.5 Å². The first kappa shape index (κ1) is 62.3. The van der Waals surface area contributed by atoms with E-state index < -0.39 is 36.1 Å². The average molecular weight is 1220 g/mol. The summed E-state index contributed by atoms with van der Waals surface area (Å²) in [6.07, 6.45) is -14.3. The highest BCUT2D eigenvalue weighted by Crippen LogP contribution is 2.36. The number of nitrogen functional groups attached to an aromatic ring is 2. The monoisotopic (exact) mass is 1220 g/mol. The third kappa shape index (κ3) is 21.5. The van der Waals surface area contributed by atoms with Crippen LogP contribution in [0.3, 0.4) is 0 Å². The van der Waals surface area contributed by atoms with Gasteiger partial charge in [-0.15, -0.1) is 0 Å². The molecule has 69 heavy (non-hydrogen) atoms. The van der Waals surface area contributed by atoms with Gasteiger partial charge < -0.3 is 61.1 Å². The molecule has 6 rings (SSSR count). The zero-order valence-electron chi connectivity index (χ0n) is 37.6. The fraction of sp³-hybridized carbons (Fsp3) is 0.283. The summed E-state index contributed by atoms with van der Waals surface area (Å²) < 4.78 is 118. The van der Waals surface area contributed by atoms with Crippen molar-refractivity contribution >= 4 is 73.4 Å². The normalized spacial score (nSPS) is 13.4. The molecular formula is C46H49BBr2F9IN5O5-. The lowest BCUT2D eigenvalue weighted by Gasteiger charge is -2.32. The largest absolute Gasteiger partial charge is 1.00 e. The van der Waals surface area contributed by atoms with Gasteiger partial charge in [0.25, 0.3) is 0 Å². The van der Waals surface area contributed by atoms with Crippen molar-refractivity contribution in [1.29, 1.82) is 0 Å². The fourth-order valence-electron chi connectivity index (χ4n) is 5.11. The molecule has 5 aromatic rings. The summed E-state index contributed by atoms with van der Waals surface area (Å²) in [5.41, 5.74) is 22.4. The smallest absolute Gasteiger partial charge is 0.494 e. The molecule has 0 spiro atoms. The molecule has 1 fully saturated rings. The van der Waals surface area contributed by atoms with Gasteiger partial charge in [0.1, 0.15) is 0 Å². The Hall–Kier alpha value is -4.69. The van der Waals surface area contributed by atoms with E-state index in [1.165, 1.54) is 0 Å². The number of ketones is 1. The summed E-state index contributed by atoms with van der Waals surface area (Å²) in [5, 5.41) is 3.66. The Morgan fingerprint density at radius 2 is 0.913 bits per heavy atom. The second kappa shape index (κ2) is 27.6. The summed E-state index contributed by atoms with van der Waals surface area (Å²) in [7, 11) is -0.300. The molecule has 5 aromatic carbocycles. The highest BCUT2D eigenvalue weighted by atomic mass is 127. The number of carbonyl (C=O) groups is 3. The lowest BCUT2D eigenvalue weighted by Crippen LogP contribution is -3.00. The van der Waals surface area contributed by atoms with Crippen molar-refractivity contribution in [1.82, 2.24) is 10.6 Å². The van der Waals surface area contributed by atoms with E-state index in [1.54, 1.807) is 78.1 Å². The van der Waals surface area contributed by atoms with Crippen molar-refractivity contribution < 1.29 is 87.2 Å². The van der Waals surface area contributed by atoms with E-state index in [0.717, 1.165) is 32.3 Å². The first-order valence-electron chi connectivity index (χ1n) is 20.0. The lowest BCUT2D eigenvalue weighted by atomic mass is 9.79. The summed E-state index contributed by atoms with van der Waals surface area (Å²) >= 11 is 6.54. The maximum absolute atomic E-state index is 12.2. The number of nitrogens with one attached hydrogen (secondary N) is 2. The topological polar surface area (TPSA) is 172 Å². The van der Waals surface area contributed by atoms with Crippen molar-refractivity contribution in [2.24, 2.45) is 5.73 Å². The molecule has 0 atom stereocenters. The SMILES string of the molecule is CC(=O)C(F)(F)F.CC1(C)OB(c2ccc(N)cc2)OC1(C)C.NCc1ccccc1Br.Nc1ccc(-c2ccccc2CNC(=O)C(F)(F)F)cc1.O=C(NCc1ccccc1Br)C(F)(F)F.[I-]. The molecule has 2 amide bonds. The van der Waals surface area contributed by atoms with Crippen LogP contribution in [-0.2, 0) is 43.3 Å². The van der Waals surface area contributed by atoms with E-state index in [-0.39, 0.29) is 55.4 Å². The molecule has 1 aliphatic heterocycles. The number of nitrogens with two attached hydrogens (primary N) is 3. The van der Waals surface area contributed by atoms with Gasteiger partial charge in [0, 0.05) is 46.9 Å². The Kier molecular flexibility index (Phi) is 25.0. The summed E-state index contributed by atoms with van der Waals surface area (Å²) in [6.45, 7) is 8.92. The maximum Gasteiger partial charge on any atom is 0.494 e. The minimum absolute atomic E-state index is 0. The number of alkyl halides is 9. The highest BCUT2D eigenvalue weighted by molar-refractivity contribution is 9.10. The Morgan fingerprint density at radius 1 is 0.565 bits per heavy atom. The standard InChI is InChI=1S/C15H13F3N2O.C12H18BNO2.C9H7BrF3NO.C7H8BrN.C3H3F3O.HI/c16-15(17,18)14(21)20-9-11-3-1-2-4-13(11)10-5-7-12(19)8-6-10;1-11(2)12(3,4)16-13(15-11)9-5-7-10(14)8-6-9;10-7-4-2-1-3-6(7)5-14-8(15)9(11,12)13;8-7-4-2-1-3-6(7)5-9;1-2(7)3(4,5)6;/h1-8H,9,19H2,(H,20,21);5-8H,14H2,1-4H3;1-4H,5H2,(H,14,15);1-4H,5,9H2;1H3;1H/p-1. The molecule has 10 nitrogen and oxygen atoms in total. The number of hydrogen-bond acceptors (Lipinski definition) is 8. The van der Waals surface area contributed by atoms with Crippen molar-refractivity contribution in [2.75, 3.05) is 11.5 Å². The molecule has 8 N–H and O–H groups in total. The zero-order chi connectivity index (χ0) is 51.7. The number of benzene rings is 5. The van der Waals surface area contributed by atoms with Crippen molar-refractivity contribution in [2.45, 2.75) is 84.0 Å². The second-order valence-electron chi connectivity index (χ2n) is 15.3. The Bertz CT molecular complexity index is 2400. The number of amides is 2. The lowest BCUT2D eigenvalue weighted by molar-refractivity contribution is -0.173. The van der Waals surface area contributed by atoms with Crippen LogP contribution in [0.2, 0.25) is 0 Å². The van der Waals surface area contributed by atoms with Gasteiger partial charge in [0.2, 0.25) is 5.78 Å². The van der Waals surface area contributed by atoms with Crippen LogP contribution in [0.1, 0.15) is 51.3 Å². The predicted molar refractivity (Wildman–Crippen MR) is 252 cm³/mol. The molecule has 0 bridgehead atoms. The van der Waals surface area contributed by atoms with E-state index in [4.69, 9.17) is 26.5 Å². The van der Waals surface area contributed by atoms with Gasteiger partial charge in [-0.3, -0.25) is 14.4 Å². The third-order valence-electron chi connectivity index (χ3n) is 9.63. The molecule has 0 saturated carbocycles. The Balaban J connectivity index is 0.000000450. The van der Waals surface area contributed by atoms with E-state index in [2.05, 4.69) is 31.9 Å². The Morgan fingerprint density at radius 3 is 1.28 bits per heavy atom. The van der Waals surface area contributed by atoms with Crippen molar-refractivity contribution in [3.8, 4) is 11.1 Å². The van der Waals surface area contributed by atoms with E-state index in [1.807, 2.05) is 81.5 Å². The zero-order valence-corrected chi connectivity index (χ0v) is 42.9. The fourth-order valence-corrected chi connectivity index (χ4v) is 5.98. The molecule has 0 aromatic heterocycles. The predicted octanol–water partition coefficient (Wildman–Crippen LogP) is 7.36. The molecule has 23 heteroatoms. The van der Waals surface area contributed by atoms with Gasteiger partial charge in [0.05, 0.1) is 11.2 Å². The van der Waals surface area contributed by atoms with Crippen LogP contribution < -0.4 is 57.3 Å². The van der Waals surface area contributed by atoms with Crippen LogP contribution in [0.25, 0.3) is 11.1 Å². The van der Waals surface area contributed by atoms with Crippen molar-refractivity contribution in [3.05, 3.63) is 147 Å². The number of halogens is 12. The molecule has 1 aliphatic rings. The molecule has 376 valence electrons. The number of hydrogen-bond donors (Lipinski definition) is 5. The van der Waals surface area contributed by atoms with E-state index in [9.17, 15) is 53.9 Å². The van der Waals surface area contributed by atoms with Crippen LogP contribution in [0, 0.1) is 0 Å². The molecule has 0 unspecified atom stereocenters. The van der Waals surface area contributed by atoms with Crippen LogP contribution in [0.5, 0.6) is 0 Å². The Labute approximate surface area is 428 Å². The number of anilines is 2. The molecule has 0 aliphatic carbocycles. The van der Waals surface area contributed by atoms with Gasteiger partial charge >= 0.3 is 37.5 Å². The minimum atomic E-state index is -4.88. The van der Waals surface area contributed by atoms with Crippen LogP contribution in [-0.4, -0.2) is 54.4 Å². The van der Waals surface area contributed by atoms with Gasteiger partial charge in [-0.1, -0.05) is 117 Å². The average Bonchev–Trinajstić information content (AvgIpc) is 3.48. The van der Waals surface area contributed by atoms with E-state index >= 15 is 0 Å². The molecule has 0 radical (unpaired) electrons. The van der Waals surface area contributed by atoms with Crippen LogP contribution >= 0.6 is 31.9 Å². The number of rotatable bonds is 7.